The second-order valence-corrected chi connectivity index (χ2v) is 6.42. The van der Waals surface area contributed by atoms with E-state index in [2.05, 4.69) is 11.4 Å². The first kappa shape index (κ1) is 14.0. The molecule has 0 bridgehead atoms. The molecule has 4 rings (SSSR count). The van der Waals surface area contributed by atoms with Gasteiger partial charge in [0.25, 0.3) is 5.69 Å². The van der Waals surface area contributed by atoms with Crippen molar-refractivity contribution in [1.29, 1.82) is 0 Å². The molecule has 0 amide bonds. The third-order valence-electron chi connectivity index (χ3n) is 4.04. The first-order chi connectivity index (χ1) is 11.1. The number of hydrogen-bond acceptors (Lipinski definition) is 5. The van der Waals surface area contributed by atoms with E-state index in [1.165, 1.54) is 11.6 Å². The third-order valence-corrected chi connectivity index (χ3v) is 4.91. The molecule has 0 radical (unpaired) electrons. The van der Waals surface area contributed by atoms with Crippen molar-refractivity contribution < 1.29 is 4.92 Å². The number of aryl methyl sites for hydroxylation is 1. The number of nitro benzene ring substituents is 1. The third kappa shape index (κ3) is 2.20. The van der Waals surface area contributed by atoms with E-state index in [1.807, 2.05) is 18.4 Å². The van der Waals surface area contributed by atoms with Crippen LogP contribution in [-0.4, -0.2) is 21.2 Å². The topological polar surface area (TPSA) is 73.0 Å². The minimum Gasteiger partial charge on any atom is -0.369 e. The number of benzene rings is 1. The molecule has 3 aromatic rings. The van der Waals surface area contributed by atoms with E-state index < -0.39 is 0 Å². The Morgan fingerprint density at radius 3 is 3.00 bits per heavy atom. The number of thiophene rings is 1. The minimum atomic E-state index is -0.375. The number of hydrogen-bond donors (Lipinski definition) is 1. The Balaban J connectivity index is 1.92. The van der Waals surface area contributed by atoms with Crippen LogP contribution in [-0.2, 0) is 6.42 Å². The molecular weight excluding hydrogens is 312 g/mol. The lowest BCUT2D eigenvalue weighted by Crippen LogP contribution is -2.06. The van der Waals surface area contributed by atoms with Crippen LogP contribution in [0.1, 0.15) is 11.1 Å². The lowest BCUT2D eigenvalue weighted by Gasteiger charge is -2.09. The molecule has 0 saturated carbocycles. The van der Waals surface area contributed by atoms with E-state index >= 15 is 0 Å². The Labute approximate surface area is 136 Å². The van der Waals surface area contributed by atoms with Gasteiger partial charge < -0.3 is 5.32 Å². The molecular formula is C16H14N4O2S. The van der Waals surface area contributed by atoms with Gasteiger partial charge in [-0.05, 0) is 30.4 Å². The average Bonchev–Trinajstić information content (AvgIpc) is 3.25. The number of nitro groups is 1. The normalized spacial score (nSPS) is 12.9. The number of fused-ring (bicyclic) bond motifs is 1. The highest BCUT2D eigenvalue weighted by atomic mass is 32.1. The first-order valence-electron chi connectivity index (χ1n) is 7.30. The Morgan fingerprint density at radius 1 is 1.39 bits per heavy atom. The van der Waals surface area contributed by atoms with Crippen LogP contribution in [0, 0.1) is 17.0 Å². The number of rotatable bonds is 3. The van der Waals surface area contributed by atoms with Crippen LogP contribution in [0.15, 0.2) is 35.7 Å². The highest BCUT2D eigenvalue weighted by molar-refractivity contribution is 7.13. The molecule has 1 N–H and O–H groups in total. The molecule has 1 aliphatic rings. The fourth-order valence-corrected chi connectivity index (χ4v) is 3.64. The van der Waals surface area contributed by atoms with E-state index in [0.29, 0.717) is 0 Å². The van der Waals surface area contributed by atoms with E-state index in [1.54, 1.807) is 28.2 Å². The molecule has 23 heavy (non-hydrogen) atoms. The quantitative estimate of drug-likeness (QED) is 0.587. The number of anilines is 1. The molecule has 0 aliphatic carbocycles. The van der Waals surface area contributed by atoms with Crippen LogP contribution in [0.2, 0.25) is 0 Å². The van der Waals surface area contributed by atoms with Crippen LogP contribution in [0.5, 0.6) is 0 Å². The maximum atomic E-state index is 11.1. The fraction of sp³-hybridized carbons (Fsp3) is 0.188. The highest BCUT2D eigenvalue weighted by Crippen LogP contribution is 2.37. The van der Waals surface area contributed by atoms with Gasteiger partial charge in [-0.1, -0.05) is 12.1 Å². The first-order valence-corrected chi connectivity index (χ1v) is 8.18. The Morgan fingerprint density at radius 2 is 2.26 bits per heavy atom. The van der Waals surface area contributed by atoms with Gasteiger partial charge in [-0.15, -0.1) is 11.3 Å². The van der Waals surface area contributed by atoms with Crippen LogP contribution in [0.4, 0.5) is 11.5 Å². The predicted octanol–water partition coefficient (Wildman–Crippen LogP) is 3.79. The summed E-state index contributed by atoms with van der Waals surface area (Å²) >= 11 is 1.65. The SMILES string of the molecule is Cc1ccc([N+](=O)[O-])cc1-n1nc(-c2cccs2)c2c1NCC2. The second-order valence-electron chi connectivity index (χ2n) is 5.47. The van der Waals surface area contributed by atoms with Crippen LogP contribution in [0.3, 0.4) is 0 Å². The molecule has 0 spiro atoms. The molecule has 0 fully saturated rings. The zero-order chi connectivity index (χ0) is 16.0. The van der Waals surface area contributed by atoms with Crippen molar-refractivity contribution in [2.75, 3.05) is 11.9 Å². The van der Waals surface area contributed by atoms with Gasteiger partial charge in [0.1, 0.15) is 11.5 Å². The van der Waals surface area contributed by atoms with Crippen LogP contribution in [0.25, 0.3) is 16.3 Å². The lowest BCUT2D eigenvalue weighted by atomic mass is 10.1. The standard InChI is InChI=1S/C16H14N4O2S/c1-10-4-5-11(20(21)22)9-13(10)19-16-12(6-7-17-16)15(18-19)14-3-2-8-23-14/h2-5,8-9,17H,6-7H2,1H3. The Hall–Kier alpha value is -2.67. The number of nitrogens with zero attached hydrogens (tertiary/aromatic N) is 3. The summed E-state index contributed by atoms with van der Waals surface area (Å²) < 4.78 is 1.81. The molecule has 116 valence electrons. The Kier molecular flexibility index (Phi) is 3.16. The van der Waals surface area contributed by atoms with E-state index in [0.717, 1.165) is 40.6 Å². The summed E-state index contributed by atoms with van der Waals surface area (Å²) in [6, 6.07) is 8.93. The summed E-state index contributed by atoms with van der Waals surface area (Å²) in [6.45, 7) is 2.80. The zero-order valence-electron chi connectivity index (χ0n) is 12.4. The monoisotopic (exact) mass is 326 g/mol. The van der Waals surface area contributed by atoms with Gasteiger partial charge in [-0.2, -0.15) is 5.10 Å². The summed E-state index contributed by atoms with van der Waals surface area (Å²) in [5.74, 6) is 0.942. The van der Waals surface area contributed by atoms with Gasteiger partial charge in [0, 0.05) is 24.2 Å². The number of aromatic nitrogens is 2. The fourth-order valence-electron chi connectivity index (χ4n) is 2.90. The van der Waals surface area contributed by atoms with Gasteiger partial charge >= 0.3 is 0 Å². The molecule has 0 atom stereocenters. The molecule has 0 saturated heterocycles. The summed E-state index contributed by atoms with van der Waals surface area (Å²) in [7, 11) is 0. The van der Waals surface area contributed by atoms with Gasteiger partial charge in [0.15, 0.2) is 0 Å². The van der Waals surface area contributed by atoms with Crippen molar-refractivity contribution in [3.63, 3.8) is 0 Å². The molecule has 7 heteroatoms. The van der Waals surface area contributed by atoms with Crippen LogP contribution < -0.4 is 5.32 Å². The number of non-ortho nitro benzene ring substituents is 1. The average molecular weight is 326 g/mol. The lowest BCUT2D eigenvalue weighted by molar-refractivity contribution is -0.384. The maximum Gasteiger partial charge on any atom is 0.271 e. The summed E-state index contributed by atoms with van der Waals surface area (Å²) in [6.07, 6.45) is 0.913. The predicted molar refractivity (Wildman–Crippen MR) is 90.5 cm³/mol. The van der Waals surface area contributed by atoms with E-state index in [-0.39, 0.29) is 10.6 Å². The van der Waals surface area contributed by atoms with Crippen molar-refractivity contribution >= 4 is 22.8 Å². The molecule has 0 unspecified atom stereocenters. The molecule has 1 aliphatic heterocycles. The Bertz CT molecular complexity index is 899. The van der Waals surface area contributed by atoms with Gasteiger partial charge in [0.05, 0.1) is 15.5 Å². The largest absolute Gasteiger partial charge is 0.369 e. The molecule has 2 aromatic heterocycles. The maximum absolute atomic E-state index is 11.1. The van der Waals surface area contributed by atoms with Gasteiger partial charge in [-0.25, -0.2) is 4.68 Å². The van der Waals surface area contributed by atoms with Crippen molar-refractivity contribution in [3.8, 4) is 16.3 Å². The smallest absolute Gasteiger partial charge is 0.271 e. The second kappa shape index (κ2) is 5.20. The van der Waals surface area contributed by atoms with E-state index in [9.17, 15) is 10.1 Å². The minimum absolute atomic E-state index is 0.0746. The van der Waals surface area contributed by atoms with Crippen molar-refractivity contribution in [2.24, 2.45) is 0 Å². The van der Waals surface area contributed by atoms with Gasteiger partial charge in [0.2, 0.25) is 0 Å². The highest BCUT2D eigenvalue weighted by Gasteiger charge is 2.25. The molecule has 1 aromatic carbocycles. The summed E-state index contributed by atoms with van der Waals surface area (Å²) in [4.78, 5) is 11.8. The summed E-state index contributed by atoms with van der Waals surface area (Å²) in [5.41, 5.74) is 3.91. The summed E-state index contributed by atoms with van der Waals surface area (Å²) in [5, 5.41) is 21.2. The van der Waals surface area contributed by atoms with Gasteiger partial charge in [-0.3, -0.25) is 10.1 Å². The van der Waals surface area contributed by atoms with Crippen LogP contribution >= 0.6 is 11.3 Å². The van der Waals surface area contributed by atoms with Crippen molar-refractivity contribution in [2.45, 2.75) is 13.3 Å². The van der Waals surface area contributed by atoms with Crippen molar-refractivity contribution in [1.82, 2.24) is 9.78 Å². The number of nitrogens with one attached hydrogen (secondary N) is 1. The zero-order valence-corrected chi connectivity index (χ0v) is 13.3. The molecule has 6 nitrogen and oxygen atoms in total. The van der Waals surface area contributed by atoms with E-state index in [4.69, 9.17) is 5.10 Å². The molecule has 3 heterocycles. The van der Waals surface area contributed by atoms with Crippen molar-refractivity contribution in [3.05, 3.63) is 57.0 Å².